The van der Waals surface area contributed by atoms with Crippen LogP contribution in [0.1, 0.15) is 26.2 Å². The zero-order valence-corrected chi connectivity index (χ0v) is 16.0. The predicted molar refractivity (Wildman–Crippen MR) is 109 cm³/mol. The number of hydrogen-bond acceptors (Lipinski definition) is 5. The number of unbranched alkanes of at least 4 members (excludes halogenated alkanes) is 2. The molecule has 0 aliphatic heterocycles. The van der Waals surface area contributed by atoms with Gasteiger partial charge < -0.3 is 4.74 Å². The molecule has 0 unspecified atom stereocenters. The van der Waals surface area contributed by atoms with Gasteiger partial charge >= 0.3 is 0 Å². The van der Waals surface area contributed by atoms with Crippen molar-refractivity contribution in [3.8, 4) is 17.5 Å². The lowest BCUT2D eigenvalue weighted by molar-refractivity contribution is 0.340. The maximum absolute atomic E-state index is 13.1. The molecule has 0 spiro atoms. The minimum Gasteiger partial charge on any atom is -0.494 e. The third-order valence-corrected chi connectivity index (χ3v) is 5.09. The van der Waals surface area contributed by atoms with Crippen molar-refractivity contribution in [3.63, 3.8) is 0 Å². The van der Waals surface area contributed by atoms with Crippen LogP contribution in [0.2, 0.25) is 0 Å². The Bertz CT molecular complexity index is 1010. The van der Waals surface area contributed by atoms with E-state index in [1.807, 2.05) is 49.4 Å². The second-order valence-corrected chi connectivity index (χ2v) is 7.00. The molecule has 0 atom stereocenters. The molecule has 0 amide bonds. The molecular formula is C21H21N3O2S. The number of aromatic nitrogens is 2. The zero-order valence-electron chi connectivity index (χ0n) is 15.2. The van der Waals surface area contributed by atoms with E-state index < -0.39 is 0 Å². The lowest BCUT2D eigenvalue weighted by Gasteiger charge is -2.13. The van der Waals surface area contributed by atoms with E-state index in [1.165, 1.54) is 0 Å². The molecule has 0 aliphatic rings. The molecule has 2 aromatic carbocycles. The summed E-state index contributed by atoms with van der Waals surface area (Å²) < 4.78 is 7.16. The largest absolute Gasteiger partial charge is 0.494 e. The highest BCUT2D eigenvalue weighted by atomic mass is 32.2. The molecule has 0 radical (unpaired) electrons. The molecule has 5 nitrogen and oxygen atoms in total. The first kappa shape index (κ1) is 19.0. The van der Waals surface area contributed by atoms with E-state index >= 15 is 0 Å². The number of ether oxygens (including phenoxy) is 1. The van der Waals surface area contributed by atoms with E-state index in [2.05, 4.69) is 6.07 Å². The summed E-state index contributed by atoms with van der Waals surface area (Å²) in [6.07, 6.45) is 2.31. The number of hydrogen-bond donors (Lipinski definition) is 0. The highest BCUT2D eigenvalue weighted by Gasteiger charge is 2.13. The average Bonchev–Trinajstić information content (AvgIpc) is 2.69. The SMILES string of the molecule is CCOc1ccc(-n2c(SCCCCC#N)nc3ccccc3c2=O)cc1. The monoisotopic (exact) mass is 379 g/mol. The van der Waals surface area contributed by atoms with Gasteiger partial charge in [0.1, 0.15) is 5.75 Å². The van der Waals surface area contributed by atoms with Crippen LogP contribution >= 0.6 is 11.8 Å². The number of nitriles is 1. The number of rotatable bonds is 8. The third-order valence-electron chi connectivity index (χ3n) is 4.06. The Kier molecular flexibility index (Phi) is 6.50. The summed E-state index contributed by atoms with van der Waals surface area (Å²) >= 11 is 1.55. The summed E-state index contributed by atoms with van der Waals surface area (Å²) in [4.78, 5) is 17.8. The average molecular weight is 379 g/mol. The Morgan fingerprint density at radius 2 is 1.93 bits per heavy atom. The molecule has 1 aromatic heterocycles. The van der Waals surface area contributed by atoms with E-state index in [0.29, 0.717) is 29.1 Å². The van der Waals surface area contributed by atoms with Gasteiger partial charge in [0, 0.05) is 12.2 Å². The predicted octanol–water partition coefficient (Wildman–Crippen LogP) is 4.57. The van der Waals surface area contributed by atoms with Crippen molar-refractivity contribution in [2.45, 2.75) is 31.3 Å². The van der Waals surface area contributed by atoms with Crippen molar-refractivity contribution in [3.05, 3.63) is 58.9 Å². The fourth-order valence-electron chi connectivity index (χ4n) is 2.76. The van der Waals surface area contributed by atoms with Crippen LogP contribution in [0.15, 0.2) is 58.5 Å². The van der Waals surface area contributed by atoms with E-state index in [-0.39, 0.29) is 5.56 Å². The van der Waals surface area contributed by atoms with Gasteiger partial charge in [0.2, 0.25) is 0 Å². The van der Waals surface area contributed by atoms with Crippen LogP contribution in [0.3, 0.4) is 0 Å². The molecule has 6 heteroatoms. The summed E-state index contributed by atoms with van der Waals surface area (Å²) in [5, 5.41) is 9.93. The number of nitrogens with zero attached hydrogens (tertiary/aromatic N) is 3. The van der Waals surface area contributed by atoms with E-state index in [9.17, 15) is 4.79 Å². The fourth-order valence-corrected chi connectivity index (χ4v) is 3.78. The first-order valence-electron chi connectivity index (χ1n) is 8.99. The number of para-hydroxylation sites is 1. The third kappa shape index (κ3) is 4.50. The molecule has 27 heavy (non-hydrogen) atoms. The molecule has 0 bridgehead atoms. The van der Waals surface area contributed by atoms with Crippen molar-refractivity contribution in [1.82, 2.24) is 9.55 Å². The van der Waals surface area contributed by atoms with Crippen molar-refractivity contribution >= 4 is 22.7 Å². The zero-order chi connectivity index (χ0) is 19.1. The van der Waals surface area contributed by atoms with Crippen molar-refractivity contribution < 1.29 is 4.74 Å². The van der Waals surface area contributed by atoms with Crippen LogP contribution in [0.25, 0.3) is 16.6 Å². The Hall–Kier alpha value is -2.78. The van der Waals surface area contributed by atoms with Crippen LogP contribution in [0.5, 0.6) is 5.75 Å². The van der Waals surface area contributed by atoms with Gasteiger partial charge in [0.15, 0.2) is 5.16 Å². The molecule has 3 aromatic rings. The van der Waals surface area contributed by atoms with Crippen LogP contribution in [0, 0.1) is 11.3 Å². The smallest absolute Gasteiger partial charge is 0.266 e. The standard InChI is InChI=1S/C21H21N3O2S/c1-2-26-17-12-10-16(11-13-17)24-20(25)18-8-4-5-9-19(18)23-21(24)27-15-7-3-6-14-22/h4-5,8-13H,2-3,6-7,15H2,1H3. The van der Waals surface area contributed by atoms with Gasteiger partial charge in [-0.25, -0.2) is 4.98 Å². The van der Waals surface area contributed by atoms with Gasteiger partial charge in [-0.1, -0.05) is 23.9 Å². The van der Waals surface area contributed by atoms with Crippen LogP contribution < -0.4 is 10.3 Å². The molecule has 1 heterocycles. The topological polar surface area (TPSA) is 67.9 Å². The Morgan fingerprint density at radius 1 is 1.15 bits per heavy atom. The first-order chi connectivity index (χ1) is 13.2. The summed E-state index contributed by atoms with van der Waals surface area (Å²) in [6.45, 7) is 2.54. The van der Waals surface area contributed by atoms with Crippen molar-refractivity contribution in [1.29, 1.82) is 5.26 Å². The fraction of sp³-hybridized carbons (Fsp3) is 0.286. The Morgan fingerprint density at radius 3 is 2.67 bits per heavy atom. The Balaban J connectivity index is 2.00. The van der Waals surface area contributed by atoms with Crippen LogP contribution in [0.4, 0.5) is 0 Å². The van der Waals surface area contributed by atoms with Crippen molar-refractivity contribution in [2.24, 2.45) is 0 Å². The van der Waals surface area contributed by atoms with Gasteiger partial charge in [-0.05, 0) is 56.2 Å². The quantitative estimate of drug-likeness (QED) is 0.326. The summed E-state index contributed by atoms with van der Waals surface area (Å²) in [5.74, 6) is 1.58. The Labute approximate surface area is 162 Å². The second kappa shape index (κ2) is 9.24. The van der Waals surface area contributed by atoms with Gasteiger partial charge in [-0.15, -0.1) is 0 Å². The lowest BCUT2D eigenvalue weighted by atomic mass is 10.2. The van der Waals surface area contributed by atoms with Gasteiger partial charge in [-0.2, -0.15) is 5.26 Å². The van der Waals surface area contributed by atoms with E-state index in [0.717, 1.165) is 30.0 Å². The number of benzene rings is 2. The van der Waals surface area contributed by atoms with Crippen molar-refractivity contribution in [2.75, 3.05) is 12.4 Å². The lowest BCUT2D eigenvalue weighted by Crippen LogP contribution is -2.21. The highest BCUT2D eigenvalue weighted by molar-refractivity contribution is 7.99. The van der Waals surface area contributed by atoms with Crippen LogP contribution in [-0.2, 0) is 0 Å². The van der Waals surface area contributed by atoms with Crippen LogP contribution in [-0.4, -0.2) is 21.9 Å². The minimum atomic E-state index is -0.0794. The maximum Gasteiger partial charge on any atom is 0.266 e. The van der Waals surface area contributed by atoms with E-state index in [4.69, 9.17) is 15.0 Å². The highest BCUT2D eigenvalue weighted by Crippen LogP contribution is 2.23. The van der Waals surface area contributed by atoms with Gasteiger partial charge in [0.25, 0.3) is 5.56 Å². The summed E-state index contributed by atoms with van der Waals surface area (Å²) in [5.41, 5.74) is 1.38. The molecule has 0 N–H and O–H groups in total. The normalized spacial score (nSPS) is 10.7. The molecule has 138 valence electrons. The molecule has 0 saturated heterocycles. The minimum absolute atomic E-state index is 0.0794. The van der Waals surface area contributed by atoms with Gasteiger partial charge in [0.05, 0.1) is 29.3 Å². The number of fused-ring (bicyclic) bond motifs is 1. The molecule has 0 fully saturated rings. The number of thioether (sulfide) groups is 1. The van der Waals surface area contributed by atoms with E-state index in [1.54, 1.807) is 22.4 Å². The summed E-state index contributed by atoms with van der Waals surface area (Å²) in [6, 6.07) is 17.0. The second-order valence-electron chi connectivity index (χ2n) is 5.94. The molecular weight excluding hydrogens is 358 g/mol. The molecule has 0 saturated carbocycles. The van der Waals surface area contributed by atoms with Gasteiger partial charge in [-0.3, -0.25) is 9.36 Å². The molecule has 3 rings (SSSR count). The molecule has 0 aliphatic carbocycles. The first-order valence-corrected chi connectivity index (χ1v) is 9.98. The summed E-state index contributed by atoms with van der Waals surface area (Å²) in [7, 11) is 0. The maximum atomic E-state index is 13.1.